The maximum atomic E-state index is 13.1. The number of thiocarbonyl (C=S) groups is 1. The molecule has 5 heteroatoms. The number of hydrogen-bond donors (Lipinski definition) is 1. The molecule has 114 valence electrons. The molecule has 23 heavy (non-hydrogen) atoms. The Bertz CT molecular complexity index is 789. The summed E-state index contributed by atoms with van der Waals surface area (Å²) in [5.41, 5.74) is 2.95. The fourth-order valence-corrected chi connectivity index (χ4v) is 4.54. The zero-order valence-corrected chi connectivity index (χ0v) is 13.8. The van der Waals surface area contributed by atoms with Gasteiger partial charge in [-0.25, -0.2) is 0 Å². The maximum Gasteiger partial charge on any atom is 0.243 e. The van der Waals surface area contributed by atoms with E-state index in [-0.39, 0.29) is 17.2 Å². The Morgan fingerprint density at radius 3 is 2.35 bits per heavy atom. The van der Waals surface area contributed by atoms with Gasteiger partial charge in [0.2, 0.25) is 5.91 Å². The summed E-state index contributed by atoms with van der Waals surface area (Å²) < 4.78 is 0. The molecule has 0 aliphatic carbocycles. The Kier molecular flexibility index (Phi) is 3.67. The summed E-state index contributed by atoms with van der Waals surface area (Å²) in [5, 5.41) is 5.83. The first-order valence-electron chi connectivity index (χ1n) is 7.36. The van der Waals surface area contributed by atoms with Crippen LogP contribution in [0.4, 0.5) is 5.69 Å². The standard InChI is InChI=1S/C18H14N2OS2/c21-17-15-14(12-7-3-1-4-8-12)11-23-16(15)19-18(22)20(17)13-9-5-2-6-10-13/h1-11,15-16H,(H,19,22). The second-order valence-corrected chi connectivity index (χ2v) is 6.83. The zero-order valence-electron chi connectivity index (χ0n) is 12.2. The molecule has 2 unspecified atom stereocenters. The number of amides is 1. The van der Waals surface area contributed by atoms with Gasteiger partial charge in [0.1, 0.15) is 0 Å². The van der Waals surface area contributed by atoms with Gasteiger partial charge in [-0.3, -0.25) is 9.69 Å². The Morgan fingerprint density at radius 2 is 1.65 bits per heavy atom. The molecule has 1 saturated heterocycles. The van der Waals surface area contributed by atoms with Gasteiger partial charge in [0.15, 0.2) is 5.11 Å². The maximum absolute atomic E-state index is 13.1. The van der Waals surface area contributed by atoms with Crippen molar-refractivity contribution in [2.45, 2.75) is 5.37 Å². The number of nitrogens with zero attached hydrogens (tertiary/aromatic N) is 1. The molecule has 0 saturated carbocycles. The molecule has 2 aliphatic heterocycles. The molecule has 2 aromatic carbocycles. The zero-order chi connectivity index (χ0) is 15.8. The van der Waals surface area contributed by atoms with Crippen molar-refractivity contribution in [1.82, 2.24) is 5.32 Å². The van der Waals surface area contributed by atoms with Crippen LogP contribution in [0.1, 0.15) is 5.56 Å². The lowest BCUT2D eigenvalue weighted by Crippen LogP contribution is -2.58. The first kappa shape index (κ1) is 14.5. The van der Waals surface area contributed by atoms with Gasteiger partial charge in [-0.2, -0.15) is 0 Å². The van der Waals surface area contributed by atoms with E-state index in [9.17, 15) is 4.79 Å². The van der Waals surface area contributed by atoms with E-state index in [2.05, 4.69) is 10.7 Å². The number of rotatable bonds is 2. The molecule has 1 fully saturated rings. The molecule has 2 aliphatic rings. The monoisotopic (exact) mass is 338 g/mol. The molecule has 1 N–H and O–H groups in total. The first-order chi connectivity index (χ1) is 11.3. The van der Waals surface area contributed by atoms with Crippen LogP contribution in [0.2, 0.25) is 0 Å². The van der Waals surface area contributed by atoms with Crippen molar-refractivity contribution in [3.63, 3.8) is 0 Å². The average molecular weight is 338 g/mol. The fraction of sp³-hybridized carbons (Fsp3) is 0.111. The minimum Gasteiger partial charge on any atom is -0.349 e. The van der Waals surface area contributed by atoms with Crippen LogP contribution in [0.5, 0.6) is 0 Å². The second-order valence-electron chi connectivity index (χ2n) is 5.43. The number of thioether (sulfide) groups is 1. The highest BCUT2D eigenvalue weighted by atomic mass is 32.2. The Labute approximate surface area is 144 Å². The van der Waals surface area contributed by atoms with Crippen molar-refractivity contribution in [2.75, 3.05) is 4.90 Å². The van der Waals surface area contributed by atoms with E-state index in [1.807, 2.05) is 60.7 Å². The SMILES string of the molecule is O=C1C2C(c3ccccc3)=CSC2NC(=S)N1c1ccccc1. The number of fused-ring (bicyclic) bond motifs is 1. The van der Waals surface area contributed by atoms with Gasteiger partial charge in [-0.15, -0.1) is 11.8 Å². The molecule has 0 bridgehead atoms. The largest absolute Gasteiger partial charge is 0.349 e. The van der Waals surface area contributed by atoms with Gasteiger partial charge < -0.3 is 5.32 Å². The second kappa shape index (κ2) is 5.83. The highest BCUT2D eigenvalue weighted by molar-refractivity contribution is 8.03. The summed E-state index contributed by atoms with van der Waals surface area (Å²) in [5.74, 6) is -0.195. The van der Waals surface area contributed by atoms with Crippen molar-refractivity contribution < 1.29 is 4.79 Å². The molecule has 2 atom stereocenters. The quantitative estimate of drug-likeness (QED) is 0.848. The van der Waals surface area contributed by atoms with Crippen LogP contribution in [-0.2, 0) is 4.79 Å². The van der Waals surface area contributed by atoms with Gasteiger partial charge in [0.05, 0.1) is 17.0 Å². The normalized spacial score (nSPS) is 23.3. The Hall–Kier alpha value is -2.11. The summed E-state index contributed by atoms with van der Waals surface area (Å²) in [4.78, 5) is 14.8. The van der Waals surface area contributed by atoms with Gasteiger partial charge in [-0.05, 0) is 40.9 Å². The third-order valence-corrected chi connectivity index (χ3v) is 5.43. The summed E-state index contributed by atoms with van der Waals surface area (Å²) in [6.45, 7) is 0. The predicted octanol–water partition coefficient (Wildman–Crippen LogP) is 3.64. The number of carbonyl (C=O) groups is 1. The molecule has 2 aromatic rings. The van der Waals surface area contributed by atoms with Gasteiger partial charge in [0.25, 0.3) is 0 Å². The van der Waals surface area contributed by atoms with Crippen molar-refractivity contribution in [1.29, 1.82) is 0 Å². The van der Waals surface area contributed by atoms with Crippen LogP contribution in [0.25, 0.3) is 5.57 Å². The van der Waals surface area contributed by atoms with Gasteiger partial charge in [-0.1, -0.05) is 48.5 Å². The third kappa shape index (κ3) is 2.46. The summed E-state index contributed by atoms with van der Waals surface area (Å²) in [7, 11) is 0. The minimum absolute atomic E-state index is 0.0230. The van der Waals surface area contributed by atoms with Crippen LogP contribution in [-0.4, -0.2) is 16.4 Å². The van der Waals surface area contributed by atoms with E-state index in [0.29, 0.717) is 5.11 Å². The minimum atomic E-state index is -0.227. The fourth-order valence-electron chi connectivity index (χ4n) is 2.97. The smallest absolute Gasteiger partial charge is 0.243 e. The number of carbonyl (C=O) groups excluding carboxylic acids is 1. The lowest BCUT2D eigenvalue weighted by molar-refractivity contribution is -0.120. The van der Waals surface area contributed by atoms with Crippen molar-refractivity contribution in [3.8, 4) is 0 Å². The molecule has 1 amide bonds. The highest BCUT2D eigenvalue weighted by Crippen LogP contribution is 2.43. The third-order valence-electron chi connectivity index (χ3n) is 4.06. The van der Waals surface area contributed by atoms with Gasteiger partial charge in [0, 0.05) is 0 Å². The lowest BCUT2D eigenvalue weighted by atomic mass is 9.91. The van der Waals surface area contributed by atoms with E-state index < -0.39 is 0 Å². The van der Waals surface area contributed by atoms with Crippen LogP contribution in [0.3, 0.4) is 0 Å². The van der Waals surface area contributed by atoms with Crippen molar-refractivity contribution >= 4 is 46.3 Å². The van der Waals surface area contributed by atoms with Crippen molar-refractivity contribution in [2.24, 2.45) is 5.92 Å². The summed E-state index contributed by atoms with van der Waals surface area (Å²) >= 11 is 7.05. The number of anilines is 1. The lowest BCUT2D eigenvalue weighted by Gasteiger charge is -2.36. The Morgan fingerprint density at radius 1 is 1.00 bits per heavy atom. The van der Waals surface area contributed by atoms with E-state index in [1.54, 1.807) is 16.7 Å². The van der Waals surface area contributed by atoms with Crippen LogP contribution in [0.15, 0.2) is 66.1 Å². The van der Waals surface area contributed by atoms with Crippen LogP contribution >= 0.6 is 24.0 Å². The number of hydrogen-bond acceptors (Lipinski definition) is 3. The van der Waals surface area contributed by atoms with Gasteiger partial charge >= 0.3 is 0 Å². The topological polar surface area (TPSA) is 32.3 Å². The van der Waals surface area contributed by atoms with E-state index >= 15 is 0 Å². The van der Waals surface area contributed by atoms with E-state index in [0.717, 1.165) is 16.8 Å². The van der Waals surface area contributed by atoms with Crippen LogP contribution in [0, 0.1) is 5.92 Å². The summed E-state index contributed by atoms with van der Waals surface area (Å²) in [6.07, 6.45) is 0. The number of nitrogens with one attached hydrogen (secondary N) is 1. The number of para-hydroxylation sites is 1. The Balaban J connectivity index is 1.72. The number of benzene rings is 2. The van der Waals surface area contributed by atoms with E-state index in [4.69, 9.17) is 12.2 Å². The molecule has 3 nitrogen and oxygen atoms in total. The molecule has 0 spiro atoms. The molecular formula is C18H14N2OS2. The van der Waals surface area contributed by atoms with Crippen molar-refractivity contribution in [3.05, 3.63) is 71.6 Å². The molecule has 2 heterocycles. The molecule has 4 rings (SSSR count). The average Bonchev–Trinajstić information content (AvgIpc) is 3.00. The summed E-state index contributed by atoms with van der Waals surface area (Å²) in [6, 6.07) is 19.6. The first-order valence-corrected chi connectivity index (χ1v) is 8.71. The molecule has 0 radical (unpaired) electrons. The van der Waals surface area contributed by atoms with Crippen LogP contribution < -0.4 is 10.2 Å². The molecule has 0 aromatic heterocycles. The predicted molar refractivity (Wildman–Crippen MR) is 98.9 cm³/mol. The highest BCUT2D eigenvalue weighted by Gasteiger charge is 2.45. The van der Waals surface area contributed by atoms with E-state index in [1.165, 1.54) is 0 Å². The molecular weight excluding hydrogens is 324 g/mol.